The number of hydrogen-bond donors (Lipinski definition) is 1. The van der Waals surface area contributed by atoms with E-state index >= 15 is 0 Å². The van der Waals surface area contributed by atoms with Crippen LogP contribution in [0.4, 0.5) is 23.8 Å². The van der Waals surface area contributed by atoms with E-state index in [2.05, 4.69) is 15.4 Å². The van der Waals surface area contributed by atoms with Gasteiger partial charge in [0, 0.05) is 31.3 Å². The number of carbonyl (C=O) groups is 1. The van der Waals surface area contributed by atoms with Crippen molar-refractivity contribution in [2.24, 2.45) is 0 Å². The molecule has 2 aromatic heterocycles. The first-order chi connectivity index (χ1) is 13.8. The van der Waals surface area contributed by atoms with Gasteiger partial charge in [0.2, 0.25) is 0 Å². The Morgan fingerprint density at radius 3 is 2.60 bits per heavy atom. The van der Waals surface area contributed by atoms with Gasteiger partial charge < -0.3 is 5.32 Å². The number of pyridine rings is 1. The molecular formula is C18H14F6N4OS. The molecule has 1 aromatic carbocycles. The smallest absolute Gasteiger partial charge is 0.310 e. The molecular weight excluding hydrogens is 434 g/mol. The molecule has 1 aliphatic rings. The van der Waals surface area contributed by atoms with Crippen molar-refractivity contribution in [1.29, 1.82) is 0 Å². The average Bonchev–Trinajstić information content (AvgIpc) is 3.05. The van der Waals surface area contributed by atoms with Gasteiger partial charge in [0.25, 0.3) is 5.91 Å². The van der Waals surface area contributed by atoms with Gasteiger partial charge in [-0.2, -0.15) is 5.10 Å². The molecule has 0 saturated heterocycles. The Balaban J connectivity index is 1.69. The Morgan fingerprint density at radius 1 is 1.10 bits per heavy atom. The number of rotatable bonds is 4. The minimum atomic E-state index is -10.0. The van der Waals surface area contributed by atoms with Gasteiger partial charge in [0.15, 0.2) is 0 Å². The number of halogens is 6. The minimum absolute atomic E-state index is 0.212. The SMILES string of the molecule is O=C1NCCc2c1cnn2-c1ccnc(Cc2cc(F)cc(S(F)(F)(F)(F)F)c2)c1. The fraction of sp³-hybridized carbons (Fsp3) is 0.167. The van der Waals surface area contributed by atoms with Crippen molar-refractivity contribution in [3.8, 4) is 5.69 Å². The summed E-state index contributed by atoms with van der Waals surface area (Å²) < 4.78 is 80.5. The van der Waals surface area contributed by atoms with Crippen molar-refractivity contribution in [3.05, 3.63) is 71.1 Å². The van der Waals surface area contributed by atoms with Crippen molar-refractivity contribution in [2.45, 2.75) is 17.7 Å². The number of nitrogens with zero attached hydrogens (tertiary/aromatic N) is 3. The van der Waals surface area contributed by atoms with Crippen LogP contribution in [0.1, 0.15) is 27.3 Å². The predicted octanol–water partition coefficient (Wildman–Crippen LogP) is 4.94. The van der Waals surface area contributed by atoms with Crippen LogP contribution in [0, 0.1) is 5.82 Å². The van der Waals surface area contributed by atoms with Gasteiger partial charge in [-0.1, -0.05) is 19.4 Å². The van der Waals surface area contributed by atoms with Crippen LogP contribution in [0.25, 0.3) is 5.69 Å². The first-order valence-corrected chi connectivity index (χ1v) is 10.6. The average molecular weight is 448 g/mol. The first-order valence-electron chi connectivity index (χ1n) is 8.64. The van der Waals surface area contributed by atoms with E-state index < -0.39 is 20.9 Å². The zero-order valence-corrected chi connectivity index (χ0v) is 15.9. The number of fused-ring (bicyclic) bond motifs is 1. The molecule has 3 heterocycles. The van der Waals surface area contributed by atoms with Gasteiger partial charge in [0.05, 0.1) is 23.1 Å². The van der Waals surface area contributed by atoms with E-state index in [-0.39, 0.29) is 35.7 Å². The minimum Gasteiger partial charge on any atom is -0.352 e. The number of carbonyl (C=O) groups excluding carboxylic acids is 1. The third kappa shape index (κ3) is 3.99. The molecule has 0 unspecified atom stereocenters. The molecule has 0 aliphatic carbocycles. The highest BCUT2D eigenvalue weighted by Gasteiger charge is 2.65. The predicted molar refractivity (Wildman–Crippen MR) is 98.0 cm³/mol. The Hall–Kier alpha value is -3.02. The number of hydrogen-bond acceptors (Lipinski definition) is 3. The lowest BCUT2D eigenvalue weighted by molar-refractivity contribution is 0.0945. The van der Waals surface area contributed by atoms with Crippen LogP contribution in [0.5, 0.6) is 0 Å². The van der Waals surface area contributed by atoms with Crippen LogP contribution in [-0.2, 0) is 12.8 Å². The third-order valence-electron chi connectivity index (χ3n) is 4.57. The first kappa shape index (κ1) is 20.3. The number of nitrogens with one attached hydrogen (secondary N) is 1. The molecule has 30 heavy (non-hydrogen) atoms. The lowest BCUT2D eigenvalue weighted by atomic mass is 10.1. The second kappa shape index (κ2) is 6.00. The fourth-order valence-electron chi connectivity index (χ4n) is 3.26. The highest BCUT2D eigenvalue weighted by molar-refractivity contribution is 8.45. The number of aromatic nitrogens is 3. The van der Waals surface area contributed by atoms with Crippen LogP contribution in [0.3, 0.4) is 0 Å². The van der Waals surface area contributed by atoms with E-state index in [9.17, 15) is 28.6 Å². The van der Waals surface area contributed by atoms with E-state index in [4.69, 9.17) is 0 Å². The van der Waals surface area contributed by atoms with Gasteiger partial charge >= 0.3 is 10.2 Å². The van der Waals surface area contributed by atoms with Crippen molar-refractivity contribution in [2.75, 3.05) is 6.54 Å². The maximum absolute atomic E-state index is 13.6. The van der Waals surface area contributed by atoms with Crippen LogP contribution in [0.15, 0.2) is 47.6 Å². The second-order valence-electron chi connectivity index (χ2n) is 6.87. The van der Waals surface area contributed by atoms with E-state index in [1.165, 1.54) is 23.1 Å². The Kier molecular flexibility index (Phi) is 4.05. The van der Waals surface area contributed by atoms with E-state index in [0.29, 0.717) is 29.9 Å². The lowest BCUT2D eigenvalue weighted by Crippen LogP contribution is -2.32. The Labute approximate surface area is 166 Å². The van der Waals surface area contributed by atoms with Gasteiger partial charge in [-0.15, -0.1) is 0 Å². The zero-order valence-electron chi connectivity index (χ0n) is 15.1. The topological polar surface area (TPSA) is 59.8 Å². The van der Waals surface area contributed by atoms with E-state index in [1.54, 1.807) is 6.07 Å². The maximum Gasteiger partial charge on any atom is 0.310 e. The molecule has 5 nitrogen and oxygen atoms in total. The summed E-state index contributed by atoms with van der Waals surface area (Å²) in [6.45, 7) is 0.427. The molecule has 0 bridgehead atoms. The molecule has 0 spiro atoms. The highest BCUT2D eigenvalue weighted by Crippen LogP contribution is 3.02. The van der Waals surface area contributed by atoms with Crippen molar-refractivity contribution < 1.29 is 28.6 Å². The highest BCUT2D eigenvalue weighted by atomic mass is 32.5. The van der Waals surface area contributed by atoms with Gasteiger partial charge in [-0.05, 0) is 35.9 Å². The molecule has 0 saturated carbocycles. The van der Waals surface area contributed by atoms with Gasteiger partial charge in [0.1, 0.15) is 10.7 Å². The van der Waals surface area contributed by atoms with Crippen LogP contribution < -0.4 is 5.32 Å². The largest absolute Gasteiger partial charge is 0.352 e. The Morgan fingerprint density at radius 2 is 1.87 bits per heavy atom. The molecule has 1 amide bonds. The molecule has 4 rings (SSSR count). The van der Waals surface area contributed by atoms with Crippen molar-refractivity contribution in [3.63, 3.8) is 0 Å². The summed E-state index contributed by atoms with van der Waals surface area (Å²) in [4.78, 5) is 13.6. The Bertz CT molecular complexity index is 1180. The molecule has 12 heteroatoms. The summed E-state index contributed by atoms with van der Waals surface area (Å²) in [5.74, 6) is -1.68. The van der Waals surface area contributed by atoms with Crippen molar-refractivity contribution in [1.82, 2.24) is 20.1 Å². The van der Waals surface area contributed by atoms with E-state index in [1.807, 2.05) is 0 Å². The zero-order chi connectivity index (χ0) is 21.8. The van der Waals surface area contributed by atoms with Crippen LogP contribution in [0.2, 0.25) is 0 Å². The quantitative estimate of drug-likeness (QED) is 0.576. The number of benzene rings is 1. The lowest BCUT2D eigenvalue weighted by Gasteiger charge is -2.40. The molecule has 1 aliphatic heterocycles. The normalized spacial score (nSPS) is 16.4. The summed E-state index contributed by atoms with van der Waals surface area (Å²) >= 11 is 0. The summed E-state index contributed by atoms with van der Waals surface area (Å²) in [7, 11) is -10.0. The maximum atomic E-state index is 13.6. The second-order valence-corrected chi connectivity index (χ2v) is 9.28. The summed E-state index contributed by atoms with van der Waals surface area (Å²) in [6, 6.07) is 3.84. The van der Waals surface area contributed by atoms with Crippen LogP contribution >= 0.6 is 10.2 Å². The third-order valence-corrected chi connectivity index (χ3v) is 5.69. The van der Waals surface area contributed by atoms with E-state index in [0.717, 1.165) is 6.07 Å². The summed E-state index contributed by atoms with van der Waals surface area (Å²) in [6.07, 6.45) is 2.98. The summed E-state index contributed by atoms with van der Waals surface area (Å²) in [5.41, 5.74) is 1.47. The molecule has 3 aromatic rings. The molecule has 0 fully saturated rings. The van der Waals surface area contributed by atoms with Crippen molar-refractivity contribution >= 4 is 16.1 Å². The molecule has 160 valence electrons. The van der Waals surface area contributed by atoms with Crippen LogP contribution in [-0.4, -0.2) is 27.2 Å². The molecule has 0 radical (unpaired) electrons. The molecule has 1 N–H and O–H groups in total. The van der Waals surface area contributed by atoms with Gasteiger partial charge in [-0.3, -0.25) is 9.78 Å². The standard InChI is InChI=1S/C18H14F6N4OS/c19-12-5-11(7-15(8-12)30(20,21,22,23)24)6-13-9-14(1-3-25-13)28-17-2-4-26-18(29)16(17)10-27-28/h1,3,5,7-10H,2,4,6H2,(H,26,29). The van der Waals surface area contributed by atoms with Gasteiger partial charge in [-0.25, -0.2) is 9.07 Å². The summed E-state index contributed by atoms with van der Waals surface area (Å²) in [5, 5.41) is 6.86. The fourth-order valence-corrected chi connectivity index (χ4v) is 3.97. The monoisotopic (exact) mass is 448 g/mol. The number of amides is 1. The molecule has 0 atom stereocenters.